The van der Waals surface area contributed by atoms with E-state index in [0.29, 0.717) is 23.5 Å². The molecule has 37 heavy (non-hydrogen) atoms. The summed E-state index contributed by atoms with van der Waals surface area (Å²) in [6.45, 7) is 4.07. The number of ether oxygens (including phenoxy) is 2. The van der Waals surface area contributed by atoms with Gasteiger partial charge < -0.3 is 14.8 Å². The fourth-order valence-electron chi connectivity index (χ4n) is 4.38. The summed E-state index contributed by atoms with van der Waals surface area (Å²) in [6, 6.07) is 12.9. The lowest BCUT2D eigenvalue weighted by molar-refractivity contribution is -0.118. The smallest absolute Gasteiger partial charge is 0.282 e. The van der Waals surface area contributed by atoms with Crippen LogP contribution < -0.4 is 20.3 Å². The summed E-state index contributed by atoms with van der Waals surface area (Å²) >= 11 is 1.62. The van der Waals surface area contributed by atoms with Crippen molar-refractivity contribution in [2.45, 2.75) is 39.5 Å². The second-order valence-electron chi connectivity index (χ2n) is 8.82. The number of rotatable bonds is 8. The number of anilines is 1. The number of amides is 1. The monoisotopic (exact) mass is 516 g/mol. The van der Waals surface area contributed by atoms with Crippen molar-refractivity contribution in [1.29, 1.82) is 0 Å². The molecule has 190 valence electrons. The van der Waals surface area contributed by atoms with Gasteiger partial charge >= 0.3 is 0 Å². The molecule has 5 rings (SSSR count). The first-order chi connectivity index (χ1) is 18.0. The SMILES string of the molecule is CCOc1cc(/C=N/n2cnc3sc4c(c3c2=O)CCCC4)ccc1OCC(=O)Nc1ccccc1C. The Hall–Kier alpha value is -3.98. The molecule has 1 amide bonds. The molecule has 1 aliphatic carbocycles. The van der Waals surface area contributed by atoms with Gasteiger partial charge in [0, 0.05) is 10.6 Å². The van der Waals surface area contributed by atoms with E-state index < -0.39 is 0 Å². The molecule has 0 saturated heterocycles. The van der Waals surface area contributed by atoms with Crippen LogP contribution in [0, 0.1) is 6.92 Å². The van der Waals surface area contributed by atoms with Crippen molar-refractivity contribution in [2.75, 3.05) is 18.5 Å². The van der Waals surface area contributed by atoms with Gasteiger partial charge in [-0.1, -0.05) is 18.2 Å². The highest BCUT2D eigenvalue weighted by atomic mass is 32.1. The van der Waals surface area contributed by atoms with Crippen LogP contribution in [0.2, 0.25) is 0 Å². The van der Waals surface area contributed by atoms with Crippen molar-refractivity contribution in [3.05, 3.63) is 80.7 Å². The molecule has 1 N–H and O–H groups in total. The van der Waals surface area contributed by atoms with Crippen LogP contribution in [0.15, 0.2) is 58.7 Å². The summed E-state index contributed by atoms with van der Waals surface area (Å²) in [7, 11) is 0. The van der Waals surface area contributed by atoms with Gasteiger partial charge in [0.2, 0.25) is 0 Å². The largest absolute Gasteiger partial charge is 0.490 e. The second kappa shape index (κ2) is 11.0. The molecule has 9 heteroatoms. The van der Waals surface area contributed by atoms with Gasteiger partial charge in [0.15, 0.2) is 18.1 Å². The minimum atomic E-state index is -0.264. The average molecular weight is 517 g/mol. The maximum absolute atomic E-state index is 13.1. The molecular weight excluding hydrogens is 488 g/mol. The second-order valence-corrected chi connectivity index (χ2v) is 9.90. The van der Waals surface area contributed by atoms with Gasteiger partial charge in [0.05, 0.1) is 18.2 Å². The van der Waals surface area contributed by atoms with Gasteiger partial charge in [-0.2, -0.15) is 9.78 Å². The molecule has 8 nitrogen and oxygen atoms in total. The van der Waals surface area contributed by atoms with E-state index in [9.17, 15) is 9.59 Å². The van der Waals surface area contributed by atoms with Crippen molar-refractivity contribution in [3.63, 3.8) is 0 Å². The van der Waals surface area contributed by atoms with Crippen molar-refractivity contribution < 1.29 is 14.3 Å². The van der Waals surface area contributed by atoms with Crippen LogP contribution in [-0.2, 0) is 17.6 Å². The maximum Gasteiger partial charge on any atom is 0.282 e. The highest BCUT2D eigenvalue weighted by Gasteiger charge is 2.20. The number of thiophene rings is 1. The van der Waals surface area contributed by atoms with Crippen LogP contribution in [0.3, 0.4) is 0 Å². The van der Waals surface area contributed by atoms with Gasteiger partial charge in [-0.15, -0.1) is 11.3 Å². The third-order valence-electron chi connectivity index (χ3n) is 6.24. The van der Waals surface area contributed by atoms with E-state index in [4.69, 9.17) is 9.47 Å². The fourth-order valence-corrected chi connectivity index (χ4v) is 5.60. The molecule has 0 aliphatic heterocycles. The summed E-state index contributed by atoms with van der Waals surface area (Å²) in [5.41, 5.74) is 3.44. The third-order valence-corrected chi connectivity index (χ3v) is 7.44. The molecule has 0 atom stereocenters. The summed E-state index contributed by atoms with van der Waals surface area (Å²) in [4.78, 5) is 32.1. The van der Waals surface area contributed by atoms with Crippen LogP contribution in [0.4, 0.5) is 5.69 Å². The zero-order valence-corrected chi connectivity index (χ0v) is 21.6. The lowest BCUT2D eigenvalue weighted by Gasteiger charge is -2.13. The van der Waals surface area contributed by atoms with Crippen molar-refractivity contribution in [1.82, 2.24) is 9.66 Å². The van der Waals surface area contributed by atoms with E-state index in [2.05, 4.69) is 15.4 Å². The number of carbonyl (C=O) groups is 1. The first-order valence-electron chi connectivity index (χ1n) is 12.3. The Morgan fingerprint density at radius 1 is 1.16 bits per heavy atom. The van der Waals surface area contributed by atoms with E-state index in [1.165, 1.54) is 15.9 Å². The van der Waals surface area contributed by atoms with Gasteiger partial charge in [0.1, 0.15) is 11.2 Å². The van der Waals surface area contributed by atoms with Gasteiger partial charge in [-0.25, -0.2) is 4.98 Å². The van der Waals surface area contributed by atoms with Crippen LogP contribution in [0.5, 0.6) is 11.5 Å². The minimum absolute atomic E-state index is 0.148. The first-order valence-corrected chi connectivity index (χ1v) is 13.2. The predicted octanol–water partition coefficient (Wildman–Crippen LogP) is 4.94. The molecule has 0 saturated carbocycles. The number of fused-ring (bicyclic) bond motifs is 3. The van der Waals surface area contributed by atoms with Gasteiger partial charge in [-0.3, -0.25) is 9.59 Å². The van der Waals surface area contributed by atoms with Crippen molar-refractivity contribution >= 4 is 39.4 Å². The normalized spacial score (nSPS) is 13.0. The van der Waals surface area contributed by atoms with Crippen molar-refractivity contribution in [3.8, 4) is 11.5 Å². The number of nitrogens with one attached hydrogen (secondary N) is 1. The Bertz CT molecular complexity index is 1540. The number of hydrogen-bond acceptors (Lipinski definition) is 7. The van der Waals surface area contributed by atoms with Gasteiger partial charge in [0.25, 0.3) is 11.5 Å². The van der Waals surface area contributed by atoms with Crippen LogP contribution in [0.1, 0.15) is 41.3 Å². The molecular formula is C28H28N4O4S. The number of nitrogens with zero attached hydrogens (tertiary/aromatic N) is 3. The molecule has 2 aromatic carbocycles. The minimum Gasteiger partial charge on any atom is -0.490 e. The van der Waals surface area contributed by atoms with E-state index in [-0.39, 0.29) is 18.1 Å². The Kier molecular flexibility index (Phi) is 7.32. The molecule has 2 heterocycles. The lowest BCUT2D eigenvalue weighted by Crippen LogP contribution is -2.20. The Labute approximate surface area is 218 Å². The summed E-state index contributed by atoms with van der Waals surface area (Å²) in [5, 5.41) is 7.93. The summed E-state index contributed by atoms with van der Waals surface area (Å²) in [5.74, 6) is 0.673. The standard InChI is InChI=1S/C28H28N4O4S/c1-3-35-23-14-19(12-13-22(23)36-16-25(33)31-21-10-6-4-8-18(21)2)15-30-32-17-29-27-26(28(32)34)20-9-5-7-11-24(20)37-27/h4,6,8,10,12-15,17H,3,5,7,9,11,16H2,1-2H3,(H,31,33)/b30-15+. The highest BCUT2D eigenvalue weighted by Crippen LogP contribution is 2.33. The van der Waals surface area contributed by atoms with Crippen molar-refractivity contribution in [2.24, 2.45) is 5.10 Å². The third kappa shape index (κ3) is 5.41. The van der Waals surface area contributed by atoms with Gasteiger partial charge in [-0.05, 0) is 80.5 Å². The molecule has 4 aromatic rings. The van der Waals surface area contributed by atoms with E-state index in [1.807, 2.05) is 38.1 Å². The first kappa shape index (κ1) is 24.7. The molecule has 1 aliphatic rings. The van der Waals surface area contributed by atoms with E-state index in [0.717, 1.165) is 52.9 Å². The topological polar surface area (TPSA) is 94.8 Å². The number of benzene rings is 2. The Balaban J connectivity index is 1.32. The van der Waals surface area contributed by atoms with Crippen LogP contribution >= 0.6 is 11.3 Å². The zero-order chi connectivity index (χ0) is 25.8. The quantitative estimate of drug-likeness (QED) is 0.335. The number of carbonyl (C=O) groups excluding carboxylic acids is 1. The van der Waals surface area contributed by atoms with E-state index in [1.54, 1.807) is 35.8 Å². The summed E-state index contributed by atoms with van der Waals surface area (Å²) < 4.78 is 12.8. The average Bonchev–Trinajstić information content (AvgIpc) is 3.29. The molecule has 0 spiro atoms. The number of aryl methyl sites for hydroxylation is 3. The predicted molar refractivity (Wildman–Crippen MR) is 146 cm³/mol. The Morgan fingerprint density at radius 2 is 2.00 bits per heavy atom. The van der Waals surface area contributed by atoms with E-state index >= 15 is 0 Å². The lowest BCUT2D eigenvalue weighted by atomic mass is 9.97. The summed E-state index contributed by atoms with van der Waals surface area (Å²) in [6.07, 6.45) is 7.25. The molecule has 0 fully saturated rings. The molecule has 0 bridgehead atoms. The van der Waals surface area contributed by atoms with Crippen LogP contribution in [-0.4, -0.2) is 35.0 Å². The van der Waals surface area contributed by atoms with Crippen LogP contribution in [0.25, 0.3) is 10.2 Å². The molecule has 2 aromatic heterocycles. The Morgan fingerprint density at radius 3 is 2.84 bits per heavy atom. The molecule has 0 unspecified atom stereocenters. The number of hydrogen-bond donors (Lipinski definition) is 1. The molecule has 0 radical (unpaired) electrons. The highest BCUT2D eigenvalue weighted by molar-refractivity contribution is 7.18. The zero-order valence-electron chi connectivity index (χ0n) is 20.8. The number of aromatic nitrogens is 2. The number of para-hydroxylation sites is 1. The fraction of sp³-hybridized carbons (Fsp3) is 0.286. The maximum atomic E-state index is 13.1.